The van der Waals surface area contributed by atoms with Crippen LogP contribution in [-0.4, -0.2) is 27.8 Å². The Kier molecular flexibility index (Phi) is 3.67. The van der Waals surface area contributed by atoms with E-state index in [4.69, 9.17) is 0 Å². The lowest BCUT2D eigenvalue weighted by molar-refractivity contribution is -0.322. The fraction of sp³-hybridized carbons (Fsp3) is 0.562. The van der Waals surface area contributed by atoms with Crippen molar-refractivity contribution in [3.63, 3.8) is 0 Å². The summed E-state index contributed by atoms with van der Waals surface area (Å²) in [4.78, 5) is 13.1. The van der Waals surface area contributed by atoms with Crippen LogP contribution in [0, 0.1) is 11.8 Å². The van der Waals surface area contributed by atoms with E-state index in [2.05, 4.69) is 0 Å². The molecule has 6 heteroatoms. The van der Waals surface area contributed by atoms with Crippen LogP contribution in [0.3, 0.4) is 0 Å². The lowest BCUT2D eigenvalue weighted by Crippen LogP contribution is -2.59. The van der Waals surface area contributed by atoms with Gasteiger partial charge >= 0.3 is 6.18 Å². The first-order valence-corrected chi connectivity index (χ1v) is 7.50. The van der Waals surface area contributed by atoms with Crippen LogP contribution in [0.5, 0.6) is 0 Å². The zero-order valence-corrected chi connectivity index (χ0v) is 12.0. The molecule has 1 N–H and O–H groups in total. The van der Waals surface area contributed by atoms with E-state index in [9.17, 15) is 23.1 Å². The van der Waals surface area contributed by atoms with Gasteiger partial charge in [-0.25, -0.2) is 0 Å². The van der Waals surface area contributed by atoms with Crippen LogP contribution in [0.2, 0.25) is 0 Å². The van der Waals surface area contributed by atoms with Gasteiger partial charge in [-0.1, -0.05) is 43.2 Å². The maximum atomic E-state index is 13.6. The van der Waals surface area contributed by atoms with Crippen LogP contribution in [0.15, 0.2) is 30.3 Å². The van der Waals surface area contributed by atoms with Gasteiger partial charge in [0.2, 0.25) is 11.6 Å². The molecule has 0 bridgehead atoms. The number of benzene rings is 1. The average molecular weight is 313 g/mol. The minimum absolute atomic E-state index is 0.220. The fourth-order valence-electron chi connectivity index (χ4n) is 3.80. The van der Waals surface area contributed by atoms with Crippen molar-refractivity contribution in [2.45, 2.75) is 44.1 Å². The highest BCUT2D eigenvalue weighted by Gasteiger charge is 2.70. The molecule has 3 unspecified atom stereocenters. The molecule has 1 aromatic carbocycles. The maximum Gasteiger partial charge on any atom is 0.437 e. The maximum absolute atomic E-state index is 13.6. The molecule has 0 spiro atoms. The van der Waals surface area contributed by atoms with Gasteiger partial charge in [0.25, 0.3) is 0 Å². The summed E-state index contributed by atoms with van der Waals surface area (Å²) in [7, 11) is 0. The topological polar surface area (TPSA) is 40.5 Å². The lowest BCUT2D eigenvalue weighted by atomic mass is 9.76. The van der Waals surface area contributed by atoms with E-state index in [0.29, 0.717) is 23.3 Å². The average Bonchev–Trinajstić information content (AvgIpc) is 2.72. The van der Waals surface area contributed by atoms with Crippen LogP contribution in [0.1, 0.15) is 31.2 Å². The van der Waals surface area contributed by atoms with E-state index in [1.165, 1.54) is 0 Å². The molecule has 1 aromatic rings. The van der Waals surface area contributed by atoms with E-state index in [1.54, 1.807) is 30.3 Å². The number of hydrogen-bond acceptors (Lipinski definition) is 2. The summed E-state index contributed by atoms with van der Waals surface area (Å²) >= 11 is 0. The molecule has 1 amide bonds. The monoisotopic (exact) mass is 313 g/mol. The Morgan fingerprint density at radius 2 is 1.82 bits per heavy atom. The third-order valence-electron chi connectivity index (χ3n) is 4.88. The molecule has 120 valence electrons. The van der Waals surface area contributed by atoms with E-state index in [-0.39, 0.29) is 13.0 Å². The summed E-state index contributed by atoms with van der Waals surface area (Å²) in [5, 5.41) is 10.5. The van der Waals surface area contributed by atoms with Gasteiger partial charge in [-0.2, -0.15) is 13.2 Å². The molecule has 2 fully saturated rings. The summed E-state index contributed by atoms with van der Waals surface area (Å²) in [5.41, 5.74) is -2.47. The third kappa shape index (κ3) is 2.20. The number of fused-ring (bicyclic) bond motifs is 1. The smallest absolute Gasteiger partial charge is 0.363 e. The zero-order chi connectivity index (χ0) is 16.0. The number of amides is 1. The molecule has 1 aliphatic heterocycles. The van der Waals surface area contributed by atoms with Gasteiger partial charge < -0.3 is 10.0 Å². The molecule has 3 nitrogen and oxygen atoms in total. The summed E-state index contributed by atoms with van der Waals surface area (Å²) in [6.07, 6.45) is -2.84. The number of carbonyl (C=O) groups excluding carboxylic acids is 1. The Morgan fingerprint density at radius 3 is 2.45 bits per heavy atom. The molecule has 0 radical (unpaired) electrons. The van der Waals surface area contributed by atoms with Crippen molar-refractivity contribution < 1.29 is 23.1 Å². The molecular weight excluding hydrogens is 295 g/mol. The van der Waals surface area contributed by atoms with Crippen molar-refractivity contribution in [3.05, 3.63) is 35.9 Å². The molecule has 1 heterocycles. The van der Waals surface area contributed by atoms with Crippen molar-refractivity contribution in [1.29, 1.82) is 0 Å². The van der Waals surface area contributed by atoms with Gasteiger partial charge in [-0.05, 0) is 18.4 Å². The SMILES string of the molecule is O=C1C2CCCCC2C(O)(C(F)(F)F)N1Cc1ccccc1. The second-order valence-corrected chi connectivity index (χ2v) is 6.13. The van der Waals surface area contributed by atoms with Crippen molar-refractivity contribution in [3.8, 4) is 0 Å². The Bertz CT molecular complexity index is 560. The molecule has 0 aromatic heterocycles. The van der Waals surface area contributed by atoms with Gasteiger partial charge in [0.05, 0.1) is 0 Å². The van der Waals surface area contributed by atoms with E-state index < -0.39 is 29.6 Å². The summed E-state index contributed by atoms with van der Waals surface area (Å²) in [6, 6.07) is 8.48. The molecule has 1 aliphatic carbocycles. The minimum Gasteiger partial charge on any atom is -0.363 e. The Morgan fingerprint density at radius 1 is 1.18 bits per heavy atom. The third-order valence-corrected chi connectivity index (χ3v) is 4.88. The first-order valence-electron chi connectivity index (χ1n) is 7.50. The van der Waals surface area contributed by atoms with Gasteiger partial charge in [-0.15, -0.1) is 0 Å². The molecule has 22 heavy (non-hydrogen) atoms. The Balaban J connectivity index is 1.99. The zero-order valence-electron chi connectivity index (χ0n) is 12.0. The molecular formula is C16H18F3NO2. The molecule has 2 aliphatic rings. The summed E-state index contributed by atoms with van der Waals surface area (Å²) in [6.45, 7) is -0.220. The van der Waals surface area contributed by atoms with Gasteiger partial charge in [0.15, 0.2) is 0 Å². The highest BCUT2D eigenvalue weighted by Crippen LogP contribution is 2.53. The van der Waals surface area contributed by atoms with Crippen molar-refractivity contribution in [1.82, 2.24) is 4.90 Å². The summed E-state index contributed by atoms with van der Waals surface area (Å²) in [5.74, 6) is -2.35. The second-order valence-electron chi connectivity index (χ2n) is 6.13. The number of carbonyl (C=O) groups is 1. The number of alkyl halides is 3. The number of hydrogen-bond donors (Lipinski definition) is 1. The van der Waals surface area contributed by atoms with Crippen LogP contribution < -0.4 is 0 Å². The quantitative estimate of drug-likeness (QED) is 0.911. The first-order chi connectivity index (χ1) is 10.4. The van der Waals surface area contributed by atoms with Gasteiger partial charge in [0, 0.05) is 18.4 Å². The van der Waals surface area contributed by atoms with Crippen molar-refractivity contribution in [2.24, 2.45) is 11.8 Å². The van der Waals surface area contributed by atoms with Crippen molar-refractivity contribution >= 4 is 5.91 Å². The highest BCUT2D eigenvalue weighted by atomic mass is 19.4. The number of nitrogens with zero attached hydrogens (tertiary/aromatic N) is 1. The van der Waals surface area contributed by atoms with Crippen LogP contribution in [-0.2, 0) is 11.3 Å². The Labute approximate surface area is 126 Å². The van der Waals surface area contributed by atoms with E-state index in [1.807, 2.05) is 0 Å². The molecule has 1 saturated carbocycles. The van der Waals surface area contributed by atoms with E-state index in [0.717, 1.165) is 6.42 Å². The second kappa shape index (κ2) is 5.26. The highest BCUT2D eigenvalue weighted by molar-refractivity contribution is 5.83. The van der Waals surface area contributed by atoms with Crippen LogP contribution in [0.25, 0.3) is 0 Å². The lowest BCUT2D eigenvalue weighted by Gasteiger charge is -2.39. The molecule has 3 atom stereocenters. The predicted octanol–water partition coefficient (Wildman–Crippen LogP) is 3.09. The standard InChI is InChI=1S/C16H18F3NO2/c17-16(18,19)15(22)13-9-5-4-8-12(13)14(21)20(15)10-11-6-2-1-3-7-11/h1-3,6-7,12-13,22H,4-5,8-10H2. The Hall–Kier alpha value is -1.56. The number of likely N-dealkylation sites (tertiary alicyclic amines) is 1. The number of halogens is 3. The van der Waals surface area contributed by atoms with Gasteiger partial charge in [0.1, 0.15) is 0 Å². The summed E-state index contributed by atoms with van der Waals surface area (Å²) < 4.78 is 40.8. The predicted molar refractivity (Wildman–Crippen MR) is 73.4 cm³/mol. The van der Waals surface area contributed by atoms with E-state index >= 15 is 0 Å². The number of rotatable bonds is 2. The number of aliphatic hydroxyl groups is 1. The van der Waals surface area contributed by atoms with Crippen molar-refractivity contribution in [2.75, 3.05) is 0 Å². The molecule has 1 saturated heterocycles. The van der Waals surface area contributed by atoms with Gasteiger partial charge in [-0.3, -0.25) is 4.79 Å². The minimum atomic E-state index is -4.85. The van der Waals surface area contributed by atoms with Crippen LogP contribution in [0.4, 0.5) is 13.2 Å². The first kappa shape index (κ1) is 15.3. The normalized spacial score (nSPS) is 32.2. The molecule has 3 rings (SSSR count). The fourth-order valence-corrected chi connectivity index (χ4v) is 3.80. The largest absolute Gasteiger partial charge is 0.437 e. The van der Waals surface area contributed by atoms with Crippen LogP contribution >= 0.6 is 0 Å².